The molecule has 1 heterocycles. The maximum atomic E-state index is 6.06. The Hall–Kier alpha value is -1.28. The van der Waals surface area contributed by atoms with Gasteiger partial charge in [0.15, 0.2) is 0 Å². The van der Waals surface area contributed by atoms with E-state index in [9.17, 15) is 0 Å². The minimum Gasteiger partial charge on any atom is -0.361 e. The highest BCUT2D eigenvalue weighted by Gasteiger charge is 2.34. The van der Waals surface area contributed by atoms with Crippen LogP contribution in [0, 0.1) is 6.92 Å². The Morgan fingerprint density at radius 2 is 2.06 bits per heavy atom. The Balaban J connectivity index is 2.16. The Kier molecular flexibility index (Phi) is 2.48. The van der Waals surface area contributed by atoms with E-state index in [-0.39, 0.29) is 5.41 Å². The van der Waals surface area contributed by atoms with Gasteiger partial charge < -0.3 is 10.7 Å². The quantitative estimate of drug-likeness (QED) is 0.814. The maximum absolute atomic E-state index is 6.06. The van der Waals surface area contributed by atoms with Crippen LogP contribution in [-0.2, 0) is 5.41 Å². The number of rotatable bonds is 2. The Labute approximate surface area is 102 Å². The highest BCUT2D eigenvalue weighted by Crippen LogP contribution is 2.41. The predicted molar refractivity (Wildman–Crippen MR) is 72.2 cm³/mol. The van der Waals surface area contributed by atoms with Crippen molar-refractivity contribution in [3.05, 3.63) is 35.5 Å². The van der Waals surface area contributed by atoms with Gasteiger partial charge >= 0.3 is 0 Å². The molecule has 0 spiro atoms. The van der Waals surface area contributed by atoms with Crippen LogP contribution < -0.4 is 5.73 Å². The van der Waals surface area contributed by atoms with Crippen LogP contribution in [0.2, 0.25) is 0 Å². The fourth-order valence-corrected chi connectivity index (χ4v) is 3.33. The number of nitrogens with one attached hydrogen (secondary N) is 1. The van der Waals surface area contributed by atoms with Crippen molar-refractivity contribution in [1.82, 2.24) is 4.98 Å². The molecule has 1 saturated carbocycles. The van der Waals surface area contributed by atoms with Crippen molar-refractivity contribution in [2.75, 3.05) is 6.54 Å². The summed E-state index contributed by atoms with van der Waals surface area (Å²) in [6, 6.07) is 6.82. The molecule has 1 aromatic heterocycles. The van der Waals surface area contributed by atoms with Crippen LogP contribution in [0.25, 0.3) is 10.9 Å². The SMILES string of the molecule is Cc1cc(C2(CN)CCCC2)cc2cc[nH]c12. The van der Waals surface area contributed by atoms with Gasteiger partial charge in [0, 0.05) is 23.7 Å². The van der Waals surface area contributed by atoms with Gasteiger partial charge in [-0.15, -0.1) is 0 Å². The van der Waals surface area contributed by atoms with E-state index in [1.165, 1.54) is 47.7 Å². The molecule has 1 aliphatic carbocycles. The van der Waals surface area contributed by atoms with Crippen LogP contribution in [0.4, 0.5) is 0 Å². The molecular formula is C15H20N2. The summed E-state index contributed by atoms with van der Waals surface area (Å²) in [6.07, 6.45) is 7.16. The molecule has 2 heteroatoms. The molecule has 17 heavy (non-hydrogen) atoms. The van der Waals surface area contributed by atoms with Crippen LogP contribution >= 0.6 is 0 Å². The Morgan fingerprint density at radius 3 is 2.76 bits per heavy atom. The number of aromatic nitrogens is 1. The van der Waals surface area contributed by atoms with E-state index < -0.39 is 0 Å². The van der Waals surface area contributed by atoms with Crippen LogP contribution in [0.15, 0.2) is 24.4 Å². The third-order valence-electron chi connectivity index (χ3n) is 4.42. The lowest BCUT2D eigenvalue weighted by Gasteiger charge is -2.28. The lowest BCUT2D eigenvalue weighted by Crippen LogP contribution is -2.32. The number of benzene rings is 1. The zero-order valence-corrected chi connectivity index (χ0v) is 10.4. The van der Waals surface area contributed by atoms with Gasteiger partial charge in [0.25, 0.3) is 0 Å². The molecule has 1 fully saturated rings. The zero-order valence-electron chi connectivity index (χ0n) is 10.4. The van der Waals surface area contributed by atoms with E-state index in [0.29, 0.717) is 0 Å². The summed E-state index contributed by atoms with van der Waals surface area (Å²) < 4.78 is 0. The number of aromatic amines is 1. The highest BCUT2D eigenvalue weighted by molar-refractivity contribution is 5.83. The summed E-state index contributed by atoms with van der Waals surface area (Å²) in [5.41, 5.74) is 10.4. The average Bonchev–Trinajstić information content (AvgIpc) is 2.98. The summed E-state index contributed by atoms with van der Waals surface area (Å²) in [6.45, 7) is 2.96. The normalized spacial score (nSPS) is 18.9. The van der Waals surface area contributed by atoms with Gasteiger partial charge in [-0.25, -0.2) is 0 Å². The lowest BCUT2D eigenvalue weighted by molar-refractivity contribution is 0.453. The van der Waals surface area contributed by atoms with E-state index in [1.807, 2.05) is 6.20 Å². The minimum absolute atomic E-state index is 0.246. The first kappa shape index (κ1) is 10.8. The smallest absolute Gasteiger partial charge is 0.0483 e. The number of fused-ring (bicyclic) bond motifs is 1. The predicted octanol–water partition coefficient (Wildman–Crippen LogP) is 3.25. The number of nitrogens with two attached hydrogens (primary N) is 1. The third kappa shape index (κ3) is 1.59. The molecule has 2 aromatic rings. The molecule has 0 atom stereocenters. The molecule has 0 aliphatic heterocycles. The van der Waals surface area contributed by atoms with Crippen molar-refractivity contribution in [3.63, 3.8) is 0 Å². The minimum atomic E-state index is 0.246. The van der Waals surface area contributed by atoms with Crippen molar-refractivity contribution in [2.24, 2.45) is 5.73 Å². The molecule has 0 unspecified atom stereocenters. The first-order chi connectivity index (χ1) is 8.25. The topological polar surface area (TPSA) is 41.8 Å². The Bertz CT molecular complexity index is 533. The van der Waals surface area contributed by atoms with Gasteiger partial charge in [0.05, 0.1) is 0 Å². The second-order valence-corrected chi connectivity index (χ2v) is 5.43. The molecule has 3 rings (SSSR count). The van der Waals surface area contributed by atoms with Gasteiger partial charge in [0.1, 0.15) is 0 Å². The summed E-state index contributed by atoms with van der Waals surface area (Å²) in [5, 5.41) is 1.32. The van der Waals surface area contributed by atoms with E-state index in [1.54, 1.807) is 0 Å². The highest BCUT2D eigenvalue weighted by atomic mass is 14.7. The fraction of sp³-hybridized carbons (Fsp3) is 0.467. The van der Waals surface area contributed by atoms with E-state index in [4.69, 9.17) is 5.73 Å². The number of hydrogen-bond acceptors (Lipinski definition) is 1. The molecule has 1 aliphatic rings. The Morgan fingerprint density at radius 1 is 1.29 bits per heavy atom. The summed E-state index contributed by atoms with van der Waals surface area (Å²) >= 11 is 0. The van der Waals surface area contributed by atoms with Crippen molar-refractivity contribution in [1.29, 1.82) is 0 Å². The standard InChI is InChI=1S/C15H20N2/c1-11-8-13(9-12-4-7-17-14(11)12)15(10-16)5-2-3-6-15/h4,7-9,17H,2-3,5-6,10,16H2,1H3. The van der Waals surface area contributed by atoms with Gasteiger partial charge in [-0.05, 0) is 48.4 Å². The average molecular weight is 228 g/mol. The van der Waals surface area contributed by atoms with E-state index in [2.05, 4.69) is 30.1 Å². The second-order valence-electron chi connectivity index (χ2n) is 5.43. The molecule has 0 radical (unpaired) electrons. The molecule has 2 nitrogen and oxygen atoms in total. The number of aryl methyl sites for hydroxylation is 1. The summed E-state index contributed by atoms with van der Waals surface area (Å²) in [5.74, 6) is 0. The molecule has 1 aromatic carbocycles. The van der Waals surface area contributed by atoms with Crippen molar-refractivity contribution >= 4 is 10.9 Å². The fourth-order valence-electron chi connectivity index (χ4n) is 3.33. The molecule has 0 bridgehead atoms. The van der Waals surface area contributed by atoms with Gasteiger partial charge in [0.2, 0.25) is 0 Å². The zero-order chi connectivity index (χ0) is 11.9. The van der Waals surface area contributed by atoms with Crippen molar-refractivity contribution < 1.29 is 0 Å². The number of hydrogen-bond donors (Lipinski definition) is 2. The van der Waals surface area contributed by atoms with Gasteiger partial charge in [-0.2, -0.15) is 0 Å². The lowest BCUT2D eigenvalue weighted by atomic mass is 9.78. The van der Waals surface area contributed by atoms with Crippen molar-refractivity contribution in [3.8, 4) is 0 Å². The molecule has 0 saturated heterocycles. The maximum Gasteiger partial charge on any atom is 0.0483 e. The summed E-state index contributed by atoms with van der Waals surface area (Å²) in [4.78, 5) is 3.30. The van der Waals surface area contributed by atoms with Gasteiger partial charge in [-0.1, -0.05) is 18.9 Å². The first-order valence-corrected chi connectivity index (χ1v) is 6.53. The van der Waals surface area contributed by atoms with Crippen LogP contribution in [0.3, 0.4) is 0 Å². The molecule has 90 valence electrons. The van der Waals surface area contributed by atoms with Crippen molar-refractivity contribution in [2.45, 2.75) is 38.0 Å². The third-order valence-corrected chi connectivity index (χ3v) is 4.42. The monoisotopic (exact) mass is 228 g/mol. The summed E-state index contributed by atoms with van der Waals surface area (Å²) in [7, 11) is 0. The largest absolute Gasteiger partial charge is 0.361 e. The van der Waals surface area contributed by atoms with Crippen LogP contribution in [-0.4, -0.2) is 11.5 Å². The van der Waals surface area contributed by atoms with E-state index in [0.717, 1.165) is 6.54 Å². The molecule has 3 N–H and O–H groups in total. The number of H-pyrrole nitrogens is 1. The van der Waals surface area contributed by atoms with Gasteiger partial charge in [-0.3, -0.25) is 0 Å². The van der Waals surface area contributed by atoms with Crippen LogP contribution in [0.5, 0.6) is 0 Å². The molecular weight excluding hydrogens is 208 g/mol. The second kappa shape index (κ2) is 3.88. The van der Waals surface area contributed by atoms with E-state index >= 15 is 0 Å². The first-order valence-electron chi connectivity index (χ1n) is 6.53. The van der Waals surface area contributed by atoms with Crippen LogP contribution in [0.1, 0.15) is 36.8 Å². The molecule has 0 amide bonds.